The van der Waals surface area contributed by atoms with Gasteiger partial charge in [-0.2, -0.15) is 0 Å². The molecule has 174 valence electrons. The van der Waals surface area contributed by atoms with Gasteiger partial charge in [-0.1, -0.05) is 53.7 Å². The van der Waals surface area contributed by atoms with Gasteiger partial charge in [0.15, 0.2) is 8.32 Å². The Morgan fingerprint density at radius 1 is 1.12 bits per heavy atom. The average Bonchev–Trinajstić information content (AvgIpc) is 3.49. The summed E-state index contributed by atoms with van der Waals surface area (Å²) >= 11 is 0. The Morgan fingerprint density at radius 2 is 1.81 bits per heavy atom. The van der Waals surface area contributed by atoms with Crippen molar-refractivity contribution in [2.75, 3.05) is 6.61 Å². The Hall–Kier alpha value is -1.66. The number of nitrogens with one attached hydrogen (secondary N) is 1. The third-order valence-corrected chi connectivity index (χ3v) is 15.1. The van der Waals surface area contributed by atoms with E-state index < -0.39 is 8.32 Å². The van der Waals surface area contributed by atoms with E-state index in [1.165, 1.54) is 19.3 Å². The lowest BCUT2D eigenvalue weighted by atomic mass is 9.84. The third kappa shape index (κ3) is 3.12. The zero-order valence-corrected chi connectivity index (χ0v) is 21.5. The summed E-state index contributed by atoms with van der Waals surface area (Å²) in [5.41, 5.74) is 5.93. The fourth-order valence-electron chi connectivity index (χ4n) is 7.85. The maximum Gasteiger partial charge on any atom is 0.326 e. The topological polar surface area (TPSA) is 59.9 Å². The van der Waals surface area contributed by atoms with Crippen molar-refractivity contribution in [2.45, 2.75) is 89.9 Å². The lowest BCUT2D eigenvalue weighted by Crippen LogP contribution is -2.49. The molecule has 0 saturated heterocycles. The van der Waals surface area contributed by atoms with E-state index >= 15 is 0 Å². The van der Waals surface area contributed by atoms with Gasteiger partial charge in [-0.15, -0.1) is 0 Å². The van der Waals surface area contributed by atoms with Crippen LogP contribution in [0.4, 0.5) is 0 Å². The highest BCUT2D eigenvalue weighted by Gasteiger charge is 2.52. The van der Waals surface area contributed by atoms with Crippen molar-refractivity contribution in [3.8, 4) is 0 Å². The summed E-state index contributed by atoms with van der Waals surface area (Å²) in [6.07, 6.45) is 10.8. The van der Waals surface area contributed by atoms with Crippen LogP contribution in [0.1, 0.15) is 78.1 Å². The van der Waals surface area contributed by atoms with Crippen LogP contribution >= 0.6 is 0 Å². The van der Waals surface area contributed by atoms with Crippen molar-refractivity contribution >= 4 is 25.4 Å². The molecule has 2 aromatic rings. The first-order valence-electron chi connectivity index (χ1n) is 12.7. The second-order valence-corrected chi connectivity index (χ2v) is 16.9. The van der Waals surface area contributed by atoms with E-state index in [0.29, 0.717) is 34.4 Å². The number of rotatable bonds is 7. The van der Waals surface area contributed by atoms with Crippen molar-refractivity contribution in [1.29, 1.82) is 0 Å². The number of nitrogens with zero attached hydrogens (tertiary/aromatic N) is 2. The number of aromatic amines is 1. The largest absolute Gasteiger partial charge is 0.416 e. The van der Waals surface area contributed by atoms with Crippen LogP contribution in [-0.4, -0.2) is 29.5 Å². The molecule has 2 bridgehead atoms. The van der Waals surface area contributed by atoms with Crippen LogP contribution < -0.4 is 5.69 Å². The van der Waals surface area contributed by atoms with E-state index in [1.54, 1.807) is 0 Å². The second kappa shape index (κ2) is 7.98. The smallest absolute Gasteiger partial charge is 0.326 e. The van der Waals surface area contributed by atoms with Crippen LogP contribution in [0.2, 0.25) is 16.6 Å². The van der Waals surface area contributed by atoms with Crippen LogP contribution in [0.3, 0.4) is 0 Å². The zero-order chi connectivity index (χ0) is 22.8. The normalized spacial score (nSPS) is 27.0. The number of aromatic nitrogens is 3. The van der Waals surface area contributed by atoms with E-state index in [9.17, 15) is 4.79 Å². The summed E-state index contributed by atoms with van der Waals surface area (Å²) in [5, 5.41) is 0. The SMILES string of the molecule is CC(C)[Si](OC[C@@H]1[C@@H]2CCC(C2)[C@@H]1n1c(=O)[nH]c2cnc3c(c21)C=CC3)(C(C)C)C(C)C. The molecule has 1 unspecified atom stereocenters. The molecule has 0 radical (unpaired) electrons. The highest BCUT2D eigenvalue weighted by Crippen LogP contribution is 2.56. The molecule has 2 aromatic heterocycles. The lowest BCUT2D eigenvalue weighted by molar-refractivity contribution is 0.130. The molecule has 5 rings (SSSR count). The quantitative estimate of drug-likeness (QED) is 0.517. The fourth-order valence-corrected chi connectivity index (χ4v) is 13.3. The molecule has 0 spiro atoms. The van der Waals surface area contributed by atoms with Crippen molar-refractivity contribution in [2.24, 2.45) is 17.8 Å². The number of H-pyrrole nitrogens is 1. The number of allylic oxidation sites excluding steroid dienone is 1. The maximum atomic E-state index is 13.3. The van der Waals surface area contributed by atoms with Gasteiger partial charge >= 0.3 is 5.69 Å². The van der Waals surface area contributed by atoms with Gasteiger partial charge in [0.05, 0.1) is 22.9 Å². The molecular weight excluding hydrogens is 414 g/mol. The molecule has 32 heavy (non-hydrogen) atoms. The monoisotopic (exact) mass is 453 g/mol. The van der Waals surface area contributed by atoms with E-state index in [2.05, 4.69) is 68.2 Å². The van der Waals surface area contributed by atoms with Gasteiger partial charge in [-0.05, 0) is 47.7 Å². The van der Waals surface area contributed by atoms with Gasteiger partial charge < -0.3 is 9.41 Å². The van der Waals surface area contributed by atoms with Crippen LogP contribution in [0.25, 0.3) is 17.1 Å². The zero-order valence-electron chi connectivity index (χ0n) is 20.5. The predicted octanol–water partition coefficient (Wildman–Crippen LogP) is 6.07. The van der Waals surface area contributed by atoms with Gasteiger partial charge in [0.2, 0.25) is 0 Å². The average molecular weight is 454 g/mol. The molecule has 4 atom stereocenters. The molecule has 0 amide bonds. The summed E-state index contributed by atoms with van der Waals surface area (Å²) in [7, 11) is -1.94. The first kappa shape index (κ1) is 22.1. The minimum atomic E-state index is -1.94. The molecule has 2 saturated carbocycles. The van der Waals surface area contributed by atoms with E-state index in [-0.39, 0.29) is 11.7 Å². The molecule has 3 aliphatic rings. The Labute approximate surface area is 192 Å². The Kier molecular flexibility index (Phi) is 5.52. The van der Waals surface area contributed by atoms with E-state index in [0.717, 1.165) is 35.3 Å². The van der Waals surface area contributed by atoms with Crippen molar-refractivity contribution in [3.63, 3.8) is 0 Å². The van der Waals surface area contributed by atoms with Crippen LogP contribution in [0.5, 0.6) is 0 Å². The number of hydrogen-bond donors (Lipinski definition) is 1. The minimum absolute atomic E-state index is 0.0261. The van der Waals surface area contributed by atoms with Crippen molar-refractivity contribution < 1.29 is 4.43 Å². The summed E-state index contributed by atoms with van der Waals surface area (Å²) in [6, 6.07) is 0.230. The van der Waals surface area contributed by atoms with Crippen LogP contribution in [-0.2, 0) is 10.8 Å². The molecule has 0 aromatic carbocycles. The van der Waals surface area contributed by atoms with Crippen molar-refractivity contribution in [3.05, 3.63) is 34.0 Å². The molecular formula is C26H39N3O2Si. The molecule has 1 N–H and O–H groups in total. The molecule has 2 fully saturated rings. The number of fused-ring (bicyclic) bond motifs is 5. The number of pyridine rings is 1. The second-order valence-electron chi connectivity index (χ2n) is 11.4. The standard InChI is InChI=1S/C26H39N3O2Si/c1-15(2)32(16(3)4,17(5)6)31-14-21-18-10-11-19(12-18)24(21)29-25-20-8-7-9-22(20)27-13-23(25)28-26(29)30/h7-8,13,15-19,21,24H,9-12,14H2,1-6H3,(H,28,30)/t18-,19?,21-,24+/m1/s1. The third-order valence-electron chi connectivity index (χ3n) is 9.04. The fraction of sp³-hybridized carbons (Fsp3) is 0.692. The summed E-state index contributed by atoms with van der Waals surface area (Å²) in [6.45, 7) is 15.0. The molecule has 2 heterocycles. The highest BCUT2D eigenvalue weighted by molar-refractivity contribution is 6.77. The highest BCUT2D eigenvalue weighted by atomic mass is 28.4. The van der Waals surface area contributed by atoms with Gasteiger partial charge in [0, 0.05) is 30.6 Å². The Morgan fingerprint density at radius 3 is 2.50 bits per heavy atom. The number of imidazole rings is 1. The van der Waals surface area contributed by atoms with Gasteiger partial charge in [0.25, 0.3) is 0 Å². The number of hydrogen-bond acceptors (Lipinski definition) is 3. The first-order valence-corrected chi connectivity index (χ1v) is 14.8. The Bertz CT molecular complexity index is 1070. The van der Waals surface area contributed by atoms with E-state index in [4.69, 9.17) is 4.43 Å². The minimum Gasteiger partial charge on any atom is -0.416 e. The predicted molar refractivity (Wildman–Crippen MR) is 133 cm³/mol. The maximum absolute atomic E-state index is 13.3. The molecule has 3 aliphatic carbocycles. The van der Waals surface area contributed by atoms with Gasteiger partial charge in [-0.3, -0.25) is 9.55 Å². The van der Waals surface area contributed by atoms with Crippen LogP contribution in [0.15, 0.2) is 17.1 Å². The van der Waals surface area contributed by atoms with E-state index in [1.807, 2.05) is 6.20 Å². The summed E-state index contributed by atoms with van der Waals surface area (Å²) in [5.74, 6) is 1.67. The Balaban J connectivity index is 1.54. The molecule has 0 aliphatic heterocycles. The lowest BCUT2D eigenvalue weighted by Gasteiger charge is -2.44. The molecule has 5 nitrogen and oxygen atoms in total. The van der Waals surface area contributed by atoms with Crippen LogP contribution in [0, 0.1) is 17.8 Å². The molecule has 6 heteroatoms. The van der Waals surface area contributed by atoms with Gasteiger partial charge in [0.1, 0.15) is 0 Å². The van der Waals surface area contributed by atoms with Crippen molar-refractivity contribution in [1.82, 2.24) is 14.5 Å². The van der Waals surface area contributed by atoms with Gasteiger partial charge in [-0.25, -0.2) is 4.79 Å². The summed E-state index contributed by atoms with van der Waals surface area (Å²) in [4.78, 5) is 21.0. The first-order chi connectivity index (χ1) is 15.3. The summed E-state index contributed by atoms with van der Waals surface area (Å²) < 4.78 is 9.23.